The number of aromatic nitrogens is 1. The lowest BCUT2D eigenvalue weighted by Gasteiger charge is -2.02. The molecular weight excluding hydrogens is 342 g/mol. The number of hydrogen-bond donors (Lipinski definition) is 2. The first-order valence-corrected chi connectivity index (χ1v) is 7.44. The van der Waals surface area contributed by atoms with E-state index in [2.05, 4.69) is 31.4 Å². The van der Waals surface area contributed by atoms with Crippen LogP contribution < -0.4 is 5.32 Å². The van der Waals surface area contributed by atoms with Crippen LogP contribution in [0.1, 0.15) is 18.2 Å². The predicted molar refractivity (Wildman–Crippen MR) is 82.6 cm³/mol. The number of benzene rings is 1. The van der Waals surface area contributed by atoms with E-state index in [9.17, 15) is 4.79 Å². The van der Waals surface area contributed by atoms with E-state index >= 15 is 0 Å². The van der Waals surface area contributed by atoms with Gasteiger partial charge in [-0.2, -0.15) is 0 Å². The Hall–Kier alpha value is -1.73. The van der Waals surface area contributed by atoms with Crippen molar-refractivity contribution in [2.75, 3.05) is 5.32 Å². The van der Waals surface area contributed by atoms with Crippen LogP contribution in [0.5, 0.6) is 0 Å². The molecule has 0 radical (unpaired) electrons. The molecule has 7 heteroatoms. The zero-order valence-corrected chi connectivity index (χ0v) is 13.0. The molecule has 104 valence electrons. The molecule has 0 saturated heterocycles. The fraction of sp³-hybridized carbons (Fsp3) is 0.154. The van der Waals surface area contributed by atoms with Gasteiger partial charge in [-0.1, -0.05) is 33.2 Å². The molecule has 0 bridgehead atoms. The van der Waals surface area contributed by atoms with Crippen LogP contribution >= 0.6 is 27.3 Å². The molecule has 1 amide bonds. The number of anilines is 1. The van der Waals surface area contributed by atoms with Crippen molar-refractivity contribution >= 4 is 44.0 Å². The lowest BCUT2D eigenvalue weighted by molar-refractivity contribution is -0.115. The van der Waals surface area contributed by atoms with Crippen LogP contribution in [0.3, 0.4) is 0 Å². The summed E-state index contributed by atoms with van der Waals surface area (Å²) < 4.78 is 0.977. The largest absolute Gasteiger partial charge is 0.411 e. The maximum absolute atomic E-state index is 11.9. The van der Waals surface area contributed by atoms with Crippen LogP contribution in [0.25, 0.3) is 0 Å². The molecule has 0 aliphatic rings. The molecule has 0 aliphatic carbocycles. The minimum atomic E-state index is -0.133. The highest BCUT2D eigenvalue weighted by molar-refractivity contribution is 9.10. The minimum Gasteiger partial charge on any atom is -0.411 e. The van der Waals surface area contributed by atoms with Gasteiger partial charge >= 0.3 is 0 Å². The smallest absolute Gasteiger partial charge is 0.230 e. The Morgan fingerprint density at radius 2 is 2.15 bits per heavy atom. The summed E-state index contributed by atoms with van der Waals surface area (Å²) in [5.74, 6) is -0.133. The van der Waals surface area contributed by atoms with E-state index in [1.54, 1.807) is 12.3 Å². The third-order valence-corrected chi connectivity index (χ3v) is 3.84. The number of nitrogens with one attached hydrogen (secondary N) is 1. The van der Waals surface area contributed by atoms with E-state index in [1.807, 2.05) is 24.3 Å². The quantitative estimate of drug-likeness (QED) is 0.503. The highest BCUT2D eigenvalue weighted by Crippen LogP contribution is 2.17. The Labute approximate surface area is 128 Å². The lowest BCUT2D eigenvalue weighted by atomic mass is 10.1. The number of carbonyl (C=O) groups is 1. The topological polar surface area (TPSA) is 74.6 Å². The van der Waals surface area contributed by atoms with E-state index < -0.39 is 0 Å². The first-order valence-electron chi connectivity index (χ1n) is 5.77. The molecule has 2 rings (SSSR count). The number of halogens is 1. The fourth-order valence-electron chi connectivity index (χ4n) is 1.50. The second-order valence-electron chi connectivity index (χ2n) is 4.07. The number of rotatable bonds is 4. The summed E-state index contributed by atoms with van der Waals surface area (Å²) >= 11 is 4.64. The second kappa shape index (κ2) is 6.62. The van der Waals surface area contributed by atoms with Gasteiger partial charge in [-0.3, -0.25) is 4.79 Å². The van der Waals surface area contributed by atoms with Gasteiger partial charge in [0.1, 0.15) is 11.4 Å². The molecule has 1 aromatic heterocycles. The molecule has 0 fully saturated rings. The zero-order valence-electron chi connectivity index (χ0n) is 10.6. The Balaban J connectivity index is 1.98. The van der Waals surface area contributed by atoms with Crippen molar-refractivity contribution in [1.29, 1.82) is 0 Å². The van der Waals surface area contributed by atoms with Gasteiger partial charge in [-0.15, -0.1) is 11.3 Å². The average Bonchev–Trinajstić information content (AvgIpc) is 2.89. The van der Waals surface area contributed by atoms with Gasteiger partial charge in [0.15, 0.2) is 5.13 Å². The summed E-state index contributed by atoms with van der Waals surface area (Å²) in [7, 11) is 0. The molecule has 0 aliphatic heterocycles. The summed E-state index contributed by atoms with van der Waals surface area (Å²) in [6.45, 7) is 1.64. The number of thiazole rings is 1. The van der Waals surface area contributed by atoms with E-state index in [4.69, 9.17) is 5.21 Å². The van der Waals surface area contributed by atoms with Crippen molar-refractivity contribution in [2.45, 2.75) is 13.3 Å². The first kappa shape index (κ1) is 14.7. The summed E-state index contributed by atoms with van der Waals surface area (Å²) in [6.07, 6.45) is 0.287. The highest BCUT2D eigenvalue weighted by atomic mass is 79.9. The van der Waals surface area contributed by atoms with Crippen molar-refractivity contribution in [3.63, 3.8) is 0 Å². The molecule has 2 N–H and O–H groups in total. The first-order chi connectivity index (χ1) is 9.58. The molecule has 0 unspecified atom stereocenters. The van der Waals surface area contributed by atoms with Crippen LogP contribution in [0.2, 0.25) is 0 Å². The highest BCUT2D eigenvalue weighted by Gasteiger charge is 2.09. The third-order valence-electron chi connectivity index (χ3n) is 2.55. The maximum atomic E-state index is 11.9. The monoisotopic (exact) mass is 353 g/mol. The molecule has 20 heavy (non-hydrogen) atoms. The summed E-state index contributed by atoms with van der Waals surface area (Å²) in [5, 5.41) is 16.7. The fourth-order valence-corrected chi connectivity index (χ4v) is 2.53. The van der Waals surface area contributed by atoms with Crippen molar-refractivity contribution < 1.29 is 10.0 Å². The predicted octanol–water partition coefficient (Wildman–Crippen LogP) is 3.29. The summed E-state index contributed by atoms with van der Waals surface area (Å²) in [4.78, 5) is 16.0. The van der Waals surface area contributed by atoms with Gasteiger partial charge in [0.2, 0.25) is 5.91 Å². The van der Waals surface area contributed by atoms with Crippen LogP contribution in [0.15, 0.2) is 39.3 Å². The molecular formula is C13H12BrN3O2S. The van der Waals surface area contributed by atoms with Gasteiger partial charge < -0.3 is 10.5 Å². The Morgan fingerprint density at radius 3 is 2.80 bits per heavy atom. The van der Waals surface area contributed by atoms with E-state index in [0.717, 1.165) is 10.0 Å². The van der Waals surface area contributed by atoms with Crippen LogP contribution in [-0.2, 0) is 11.2 Å². The van der Waals surface area contributed by atoms with E-state index in [1.165, 1.54) is 11.3 Å². The standard InChI is InChI=1S/C13H12BrN3O2S/c1-8(17-19)11-7-20-13(15-11)16-12(18)6-9-2-4-10(14)5-3-9/h2-5,7,19H,6H2,1H3,(H,15,16,18). The zero-order chi connectivity index (χ0) is 14.5. The van der Waals surface area contributed by atoms with Gasteiger partial charge in [0.05, 0.1) is 6.42 Å². The van der Waals surface area contributed by atoms with Gasteiger partial charge in [-0.25, -0.2) is 4.98 Å². The van der Waals surface area contributed by atoms with Crippen molar-refractivity contribution in [3.8, 4) is 0 Å². The average molecular weight is 354 g/mol. The molecule has 1 heterocycles. The van der Waals surface area contributed by atoms with Crippen LogP contribution in [-0.4, -0.2) is 21.8 Å². The Morgan fingerprint density at radius 1 is 1.45 bits per heavy atom. The normalized spacial score (nSPS) is 11.4. The SMILES string of the molecule is CC(=NO)c1csc(NC(=O)Cc2ccc(Br)cc2)n1. The van der Waals surface area contributed by atoms with Crippen LogP contribution in [0, 0.1) is 0 Å². The molecule has 1 aromatic carbocycles. The lowest BCUT2D eigenvalue weighted by Crippen LogP contribution is -2.14. The molecule has 2 aromatic rings. The van der Waals surface area contributed by atoms with E-state index in [-0.39, 0.29) is 12.3 Å². The van der Waals surface area contributed by atoms with Gasteiger partial charge in [0, 0.05) is 9.85 Å². The second-order valence-corrected chi connectivity index (χ2v) is 5.85. The molecule has 0 spiro atoms. The van der Waals surface area contributed by atoms with Gasteiger partial charge in [0.25, 0.3) is 0 Å². The number of hydrogen-bond acceptors (Lipinski definition) is 5. The summed E-state index contributed by atoms with van der Waals surface area (Å²) in [5.41, 5.74) is 1.89. The van der Waals surface area contributed by atoms with Crippen molar-refractivity contribution in [3.05, 3.63) is 45.4 Å². The Bertz CT molecular complexity index is 637. The molecule has 0 atom stereocenters. The third kappa shape index (κ3) is 3.88. The minimum absolute atomic E-state index is 0.133. The maximum Gasteiger partial charge on any atom is 0.230 e. The summed E-state index contributed by atoms with van der Waals surface area (Å²) in [6, 6.07) is 7.56. The number of nitrogens with zero attached hydrogens (tertiary/aromatic N) is 2. The molecule has 0 saturated carbocycles. The van der Waals surface area contributed by atoms with Crippen LogP contribution in [0.4, 0.5) is 5.13 Å². The Kier molecular flexibility index (Phi) is 4.86. The molecule has 5 nitrogen and oxygen atoms in total. The number of oxime groups is 1. The van der Waals surface area contributed by atoms with Crippen molar-refractivity contribution in [1.82, 2.24) is 4.98 Å². The number of carbonyl (C=O) groups excluding carboxylic acids is 1. The van der Waals surface area contributed by atoms with Gasteiger partial charge in [-0.05, 0) is 24.6 Å². The van der Waals surface area contributed by atoms with E-state index in [0.29, 0.717) is 16.5 Å². The number of amides is 1. The van der Waals surface area contributed by atoms with Crippen molar-refractivity contribution in [2.24, 2.45) is 5.16 Å².